The molecular weight excluding hydrogens is 462 g/mol. The molecule has 0 spiro atoms. The summed E-state index contributed by atoms with van der Waals surface area (Å²) in [5, 5.41) is 5.84. The minimum Gasteiger partial charge on any atom is -0.383 e. The number of benzene rings is 1. The Morgan fingerprint density at radius 2 is 1.91 bits per heavy atom. The van der Waals surface area contributed by atoms with E-state index in [1.54, 1.807) is 16.8 Å². The molecule has 4 N–H and O–H groups in total. The van der Waals surface area contributed by atoms with Gasteiger partial charge < -0.3 is 36.0 Å². The summed E-state index contributed by atoms with van der Waals surface area (Å²) in [6, 6.07) is 7.77. The number of hydrogen-bond donors (Lipinski definition) is 3. The van der Waals surface area contributed by atoms with Crippen LogP contribution in [0.4, 0.5) is 5.69 Å². The number of amides is 2. The molecule has 0 aromatic heterocycles. The zero-order valence-corrected chi connectivity index (χ0v) is 22.5. The molecule has 2 aliphatic heterocycles. The van der Waals surface area contributed by atoms with Crippen molar-refractivity contribution in [1.29, 1.82) is 0 Å². The average molecular weight is 506 g/mol. The summed E-state index contributed by atoms with van der Waals surface area (Å²) < 4.78 is 0. The zero-order chi connectivity index (χ0) is 25.4. The van der Waals surface area contributed by atoms with Gasteiger partial charge in [-0.3, -0.25) is 9.59 Å². The van der Waals surface area contributed by atoms with Crippen LogP contribution in [-0.4, -0.2) is 128 Å². The Labute approximate surface area is 214 Å². The average Bonchev–Trinajstić information content (AvgIpc) is 3.20. The van der Waals surface area contributed by atoms with E-state index in [1.807, 2.05) is 14.0 Å². The fourth-order valence-corrected chi connectivity index (χ4v) is 5.94. The highest BCUT2D eigenvalue weighted by atomic mass is 32.2. The number of nitrogens with one attached hydrogen (secondary N) is 2. The molecule has 2 heterocycles. The number of carbonyl (C=O) groups is 2. The van der Waals surface area contributed by atoms with E-state index >= 15 is 0 Å². The lowest BCUT2D eigenvalue weighted by Gasteiger charge is -2.32. The van der Waals surface area contributed by atoms with E-state index in [-0.39, 0.29) is 22.4 Å². The summed E-state index contributed by atoms with van der Waals surface area (Å²) in [7, 11) is 5.78. The Morgan fingerprint density at radius 1 is 1.23 bits per heavy atom. The van der Waals surface area contributed by atoms with Crippen LogP contribution in [0.15, 0.2) is 24.3 Å². The molecule has 10 heteroatoms. The van der Waals surface area contributed by atoms with Crippen molar-refractivity contribution in [2.24, 2.45) is 5.73 Å². The fraction of sp³-hybridized carbons (Fsp3) is 0.680. The van der Waals surface area contributed by atoms with Crippen molar-refractivity contribution >= 4 is 29.3 Å². The Bertz CT molecular complexity index is 817. The molecule has 0 saturated carbocycles. The minimum atomic E-state index is -0.740. The summed E-state index contributed by atoms with van der Waals surface area (Å²) in [5.41, 5.74) is 8.67. The van der Waals surface area contributed by atoms with E-state index in [0.29, 0.717) is 26.2 Å². The van der Waals surface area contributed by atoms with Crippen molar-refractivity contribution in [3.8, 4) is 0 Å². The smallest absolute Gasteiger partial charge is 0.242 e. The van der Waals surface area contributed by atoms with Crippen LogP contribution >= 0.6 is 11.8 Å². The molecule has 196 valence electrons. The van der Waals surface area contributed by atoms with Gasteiger partial charge in [0.1, 0.15) is 16.7 Å². The number of hydrogen-bond acceptors (Lipinski definition) is 8. The first-order valence-electron chi connectivity index (χ1n) is 12.7. The number of anilines is 1. The molecule has 2 saturated heterocycles. The van der Waals surface area contributed by atoms with Gasteiger partial charge in [-0.2, -0.15) is 0 Å². The van der Waals surface area contributed by atoms with Gasteiger partial charge >= 0.3 is 0 Å². The molecular formula is C25H43N7O2S. The quantitative estimate of drug-likeness (QED) is 0.370. The van der Waals surface area contributed by atoms with Gasteiger partial charge in [0.15, 0.2) is 0 Å². The maximum absolute atomic E-state index is 13.0. The monoisotopic (exact) mass is 505 g/mol. The molecule has 1 aromatic carbocycles. The Hall–Kier alpha value is -1.85. The van der Waals surface area contributed by atoms with Crippen LogP contribution in [0, 0.1) is 0 Å². The summed E-state index contributed by atoms with van der Waals surface area (Å²) in [6.45, 7) is 9.91. The Balaban J connectivity index is 1.49. The third-order valence-electron chi connectivity index (χ3n) is 6.93. The maximum Gasteiger partial charge on any atom is 0.242 e. The molecule has 3 atom stereocenters. The number of carbonyl (C=O) groups excluding carboxylic acids is 2. The number of nitrogens with zero attached hydrogens (tertiary/aromatic N) is 4. The highest BCUT2D eigenvalue weighted by molar-refractivity contribution is 8.01. The van der Waals surface area contributed by atoms with Gasteiger partial charge in [0.05, 0.1) is 0 Å². The van der Waals surface area contributed by atoms with E-state index in [4.69, 9.17) is 5.73 Å². The van der Waals surface area contributed by atoms with E-state index in [1.165, 1.54) is 17.3 Å². The minimum absolute atomic E-state index is 0.0416. The molecule has 2 fully saturated rings. The summed E-state index contributed by atoms with van der Waals surface area (Å²) in [5.74, 6) is -0.0929. The normalized spacial score (nSPS) is 22.4. The van der Waals surface area contributed by atoms with Crippen LogP contribution in [0.2, 0.25) is 0 Å². The number of piperazine rings is 1. The van der Waals surface area contributed by atoms with Crippen molar-refractivity contribution in [2.45, 2.75) is 30.0 Å². The van der Waals surface area contributed by atoms with Gasteiger partial charge in [-0.15, -0.1) is 11.8 Å². The standard InChI is InChI=1S/C25H43N7O2S/c1-5-32-23(33)21(35-25(32)22(26)24(34)30(4)13-11-27-2)18-28-20-8-6-19(7-9-20)10-12-31-16-14-29(3)15-17-31/h6-9,21-22,25,27-28H,5,10-18,26H2,1-4H3/t21-,22-,25?/m1/s1. The second-order valence-corrected chi connectivity index (χ2v) is 10.8. The van der Waals surface area contributed by atoms with Crippen molar-refractivity contribution in [2.75, 3.05) is 85.4 Å². The number of rotatable bonds is 12. The molecule has 0 radical (unpaired) electrons. The SMILES string of the molecule is CCN1C(=O)[C@@H](CNc2ccc(CCN3CCN(C)CC3)cc2)SC1[C@H](N)C(=O)N(C)CCNC. The van der Waals surface area contributed by atoms with Crippen molar-refractivity contribution < 1.29 is 9.59 Å². The Morgan fingerprint density at radius 3 is 2.54 bits per heavy atom. The molecule has 9 nitrogen and oxygen atoms in total. The van der Waals surface area contributed by atoms with Crippen LogP contribution in [-0.2, 0) is 16.0 Å². The Kier molecular flexibility index (Phi) is 10.7. The van der Waals surface area contributed by atoms with Crippen molar-refractivity contribution in [1.82, 2.24) is 24.9 Å². The van der Waals surface area contributed by atoms with Gasteiger partial charge in [0, 0.05) is 71.6 Å². The second kappa shape index (κ2) is 13.5. The summed E-state index contributed by atoms with van der Waals surface area (Å²) in [4.78, 5) is 34.1. The highest BCUT2D eigenvalue weighted by Gasteiger charge is 2.44. The fourth-order valence-electron chi connectivity index (χ4n) is 4.48. The number of thioether (sulfide) groups is 1. The lowest BCUT2D eigenvalue weighted by Crippen LogP contribution is -2.53. The molecule has 2 aliphatic rings. The first-order chi connectivity index (χ1) is 16.8. The predicted molar refractivity (Wildman–Crippen MR) is 145 cm³/mol. The number of likely N-dealkylation sites (N-methyl/N-ethyl adjacent to an activating group) is 4. The van der Waals surface area contributed by atoms with E-state index in [0.717, 1.165) is 44.8 Å². The molecule has 1 unspecified atom stereocenters. The molecule has 0 aliphatic carbocycles. The lowest BCUT2D eigenvalue weighted by molar-refractivity contribution is -0.134. The van der Waals surface area contributed by atoms with Crippen LogP contribution in [0.3, 0.4) is 0 Å². The van der Waals surface area contributed by atoms with Crippen LogP contribution in [0.1, 0.15) is 12.5 Å². The third-order valence-corrected chi connectivity index (χ3v) is 8.46. The van der Waals surface area contributed by atoms with Crippen molar-refractivity contribution in [3.63, 3.8) is 0 Å². The largest absolute Gasteiger partial charge is 0.383 e. The van der Waals surface area contributed by atoms with Gasteiger partial charge in [0.25, 0.3) is 0 Å². The lowest BCUT2D eigenvalue weighted by atomic mass is 10.1. The molecule has 0 bridgehead atoms. The topological polar surface area (TPSA) is 97.2 Å². The predicted octanol–water partition coefficient (Wildman–Crippen LogP) is 0.184. The molecule has 35 heavy (non-hydrogen) atoms. The molecule has 1 aromatic rings. The maximum atomic E-state index is 13.0. The first kappa shape index (κ1) is 27.7. The summed E-state index contributed by atoms with van der Waals surface area (Å²) >= 11 is 1.49. The van der Waals surface area contributed by atoms with E-state index in [2.05, 4.69) is 51.7 Å². The third kappa shape index (κ3) is 7.57. The highest BCUT2D eigenvalue weighted by Crippen LogP contribution is 2.33. The van der Waals surface area contributed by atoms with E-state index < -0.39 is 6.04 Å². The molecule has 2 amide bonds. The zero-order valence-electron chi connectivity index (χ0n) is 21.7. The number of nitrogens with two attached hydrogens (primary N) is 1. The van der Waals surface area contributed by atoms with Gasteiger partial charge in [-0.1, -0.05) is 12.1 Å². The van der Waals surface area contributed by atoms with Crippen LogP contribution < -0.4 is 16.4 Å². The molecule has 3 rings (SSSR count). The first-order valence-corrected chi connectivity index (χ1v) is 13.6. The van der Waals surface area contributed by atoms with Gasteiger partial charge in [-0.25, -0.2) is 0 Å². The summed E-state index contributed by atoms with van der Waals surface area (Å²) in [6.07, 6.45) is 1.04. The van der Waals surface area contributed by atoms with Crippen LogP contribution in [0.5, 0.6) is 0 Å². The van der Waals surface area contributed by atoms with Crippen molar-refractivity contribution in [3.05, 3.63) is 29.8 Å². The second-order valence-electron chi connectivity index (χ2n) is 9.50. The van der Waals surface area contributed by atoms with Gasteiger partial charge in [0.2, 0.25) is 11.8 Å². The van der Waals surface area contributed by atoms with E-state index in [9.17, 15) is 9.59 Å². The van der Waals surface area contributed by atoms with Crippen LogP contribution in [0.25, 0.3) is 0 Å². The van der Waals surface area contributed by atoms with Gasteiger partial charge in [-0.05, 0) is 45.1 Å².